The van der Waals surface area contributed by atoms with Crippen LogP contribution < -0.4 is 14.8 Å². The zero-order valence-corrected chi connectivity index (χ0v) is 19.4. The number of fused-ring (bicyclic) bond motifs is 2. The SMILES string of the molecule is COc1cc2c(NC(C)C)c3cccc(F)c3nc2cc1OCCCN1CCCC1.O=CO. The third kappa shape index (κ3) is 6.01. The van der Waals surface area contributed by atoms with Crippen molar-refractivity contribution in [2.45, 2.75) is 39.2 Å². The molecule has 1 aromatic heterocycles. The Balaban J connectivity index is 0.000000968. The van der Waals surface area contributed by atoms with Crippen LogP contribution in [-0.2, 0) is 4.79 Å². The molecule has 8 heteroatoms. The van der Waals surface area contributed by atoms with Crippen LogP contribution in [0.5, 0.6) is 11.5 Å². The molecule has 0 radical (unpaired) electrons. The zero-order chi connectivity index (χ0) is 23.8. The first-order valence-corrected chi connectivity index (χ1v) is 11.3. The number of halogens is 1. The highest BCUT2D eigenvalue weighted by atomic mass is 19.1. The highest BCUT2D eigenvalue weighted by Gasteiger charge is 2.17. The van der Waals surface area contributed by atoms with Crippen LogP contribution >= 0.6 is 0 Å². The molecule has 0 atom stereocenters. The lowest BCUT2D eigenvalue weighted by molar-refractivity contribution is -0.122. The highest BCUT2D eigenvalue weighted by Crippen LogP contribution is 2.39. The van der Waals surface area contributed by atoms with E-state index in [0.717, 1.165) is 29.4 Å². The van der Waals surface area contributed by atoms with Crippen LogP contribution in [0, 0.1) is 5.82 Å². The maximum atomic E-state index is 14.5. The van der Waals surface area contributed by atoms with E-state index in [0.29, 0.717) is 29.1 Å². The number of para-hydroxylation sites is 1. The summed E-state index contributed by atoms with van der Waals surface area (Å²) < 4.78 is 26.2. The van der Waals surface area contributed by atoms with Crippen molar-refractivity contribution in [1.82, 2.24) is 9.88 Å². The Labute approximate surface area is 193 Å². The molecule has 2 N–H and O–H groups in total. The second-order valence-corrected chi connectivity index (χ2v) is 8.30. The first-order chi connectivity index (χ1) is 16.0. The molecule has 2 aromatic carbocycles. The monoisotopic (exact) mass is 457 g/mol. The van der Waals surface area contributed by atoms with Gasteiger partial charge in [-0.1, -0.05) is 12.1 Å². The molecule has 1 aliphatic heterocycles. The number of carboxylic acid groups (broad SMARTS) is 1. The van der Waals surface area contributed by atoms with E-state index in [1.54, 1.807) is 13.2 Å². The predicted octanol–water partition coefficient (Wildman–Crippen LogP) is 4.92. The number of carbonyl (C=O) groups is 1. The molecular weight excluding hydrogens is 425 g/mol. The minimum Gasteiger partial charge on any atom is -0.493 e. The van der Waals surface area contributed by atoms with Crippen molar-refractivity contribution in [3.8, 4) is 11.5 Å². The van der Waals surface area contributed by atoms with E-state index in [1.807, 2.05) is 18.2 Å². The molecule has 0 amide bonds. The number of aromatic nitrogens is 1. The van der Waals surface area contributed by atoms with Gasteiger partial charge in [-0.15, -0.1) is 0 Å². The lowest BCUT2D eigenvalue weighted by Crippen LogP contribution is -2.21. The summed E-state index contributed by atoms with van der Waals surface area (Å²) in [6.45, 7) is 7.91. The molecule has 0 saturated carbocycles. The highest BCUT2D eigenvalue weighted by molar-refractivity contribution is 6.08. The van der Waals surface area contributed by atoms with E-state index in [9.17, 15) is 4.39 Å². The van der Waals surface area contributed by atoms with Crippen molar-refractivity contribution in [3.63, 3.8) is 0 Å². The molecule has 3 aromatic rings. The first-order valence-electron chi connectivity index (χ1n) is 11.3. The number of anilines is 1. The van der Waals surface area contributed by atoms with E-state index in [2.05, 4.69) is 29.0 Å². The minimum atomic E-state index is -0.329. The fourth-order valence-electron chi connectivity index (χ4n) is 4.13. The Morgan fingerprint density at radius 2 is 1.94 bits per heavy atom. The van der Waals surface area contributed by atoms with Crippen LogP contribution in [-0.4, -0.2) is 60.9 Å². The first kappa shape index (κ1) is 24.5. The van der Waals surface area contributed by atoms with Gasteiger partial charge in [-0.25, -0.2) is 9.37 Å². The molecule has 33 heavy (non-hydrogen) atoms. The number of hydrogen-bond donors (Lipinski definition) is 2. The summed E-state index contributed by atoms with van der Waals surface area (Å²) in [5.41, 5.74) is 1.91. The lowest BCUT2D eigenvalue weighted by Gasteiger charge is -2.18. The topological polar surface area (TPSA) is 83.9 Å². The molecule has 178 valence electrons. The Morgan fingerprint density at radius 1 is 1.21 bits per heavy atom. The van der Waals surface area contributed by atoms with Gasteiger partial charge in [-0.3, -0.25) is 4.79 Å². The second kappa shape index (κ2) is 11.7. The number of nitrogens with one attached hydrogen (secondary N) is 1. The van der Waals surface area contributed by atoms with Crippen LogP contribution in [0.25, 0.3) is 21.8 Å². The Kier molecular flexibility index (Phi) is 8.65. The van der Waals surface area contributed by atoms with Gasteiger partial charge in [0.05, 0.1) is 24.9 Å². The maximum absolute atomic E-state index is 14.5. The third-order valence-corrected chi connectivity index (χ3v) is 5.55. The Hall–Kier alpha value is -3.13. The number of benzene rings is 2. The molecule has 0 spiro atoms. The summed E-state index contributed by atoms with van der Waals surface area (Å²) in [4.78, 5) is 15.4. The summed E-state index contributed by atoms with van der Waals surface area (Å²) >= 11 is 0. The molecule has 0 unspecified atom stereocenters. The van der Waals surface area contributed by atoms with Gasteiger partial charge in [0.25, 0.3) is 6.47 Å². The minimum absolute atomic E-state index is 0.189. The summed E-state index contributed by atoms with van der Waals surface area (Å²) in [7, 11) is 1.64. The Bertz CT molecular complexity index is 1080. The number of pyridine rings is 1. The van der Waals surface area contributed by atoms with E-state index in [4.69, 9.17) is 19.4 Å². The predicted molar refractivity (Wildman–Crippen MR) is 129 cm³/mol. The van der Waals surface area contributed by atoms with Gasteiger partial charge in [-0.05, 0) is 58.3 Å². The summed E-state index contributed by atoms with van der Waals surface area (Å²) in [6.07, 6.45) is 3.55. The third-order valence-electron chi connectivity index (χ3n) is 5.55. The summed E-state index contributed by atoms with van der Waals surface area (Å²) in [6, 6.07) is 9.04. The quantitative estimate of drug-likeness (QED) is 0.282. The molecule has 0 bridgehead atoms. The van der Waals surface area contributed by atoms with Crippen LogP contribution in [0.4, 0.5) is 10.1 Å². The molecule has 1 saturated heterocycles. The van der Waals surface area contributed by atoms with Crippen molar-refractivity contribution >= 4 is 34.0 Å². The van der Waals surface area contributed by atoms with Crippen LogP contribution in [0.15, 0.2) is 30.3 Å². The van der Waals surface area contributed by atoms with Gasteiger partial charge in [-0.2, -0.15) is 0 Å². The van der Waals surface area contributed by atoms with E-state index >= 15 is 0 Å². The standard InChI is InChI=1S/C24H30FN3O2.CH2O2/c1-16(2)26-23-17-8-6-9-19(25)24(17)27-20-15-22(21(29-3)14-18(20)23)30-13-7-12-28-10-4-5-11-28;2-1-3/h6,8-9,14-16H,4-5,7,10-13H2,1-3H3,(H,26,27);1H,(H,2,3). The van der Waals surface area contributed by atoms with Gasteiger partial charge in [0.2, 0.25) is 0 Å². The molecule has 7 nitrogen and oxygen atoms in total. The number of methoxy groups -OCH3 is 1. The average Bonchev–Trinajstić information content (AvgIpc) is 3.31. The fraction of sp³-hybridized carbons (Fsp3) is 0.440. The maximum Gasteiger partial charge on any atom is 0.290 e. The molecule has 1 aliphatic rings. The van der Waals surface area contributed by atoms with Crippen molar-refractivity contribution in [2.75, 3.05) is 38.7 Å². The van der Waals surface area contributed by atoms with Crippen molar-refractivity contribution in [2.24, 2.45) is 0 Å². The van der Waals surface area contributed by atoms with Crippen LogP contribution in [0.1, 0.15) is 33.1 Å². The number of nitrogens with zero attached hydrogens (tertiary/aromatic N) is 2. The van der Waals surface area contributed by atoms with Gasteiger partial charge in [0.1, 0.15) is 11.3 Å². The molecule has 1 fully saturated rings. The largest absolute Gasteiger partial charge is 0.493 e. The fourth-order valence-corrected chi connectivity index (χ4v) is 4.13. The average molecular weight is 458 g/mol. The number of likely N-dealkylation sites (tertiary alicyclic amines) is 1. The van der Waals surface area contributed by atoms with Gasteiger partial charge in [0.15, 0.2) is 11.5 Å². The number of ether oxygens (including phenoxy) is 2. The van der Waals surface area contributed by atoms with E-state index < -0.39 is 0 Å². The zero-order valence-electron chi connectivity index (χ0n) is 19.4. The number of rotatable bonds is 8. The van der Waals surface area contributed by atoms with Gasteiger partial charge >= 0.3 is 0 Å². The smallest absolute Gasteiger partial charge is 0.290 e. The molecular formula is C25H32FN3O4. The van der Waals surface area contributed by atoms with Crippen molar-refractivity contribution in [1.29, 1.82) is 0 Å². The lowest BCUT2D eigenvalue weighted by atomic mass is 10.1. The summed E-state index contributed by atoms with van der Waals surface area (Å²) in [5.74, 6) is 0.975. The Morgan fingerprint density at radius 3 is 2.61 bits per heavy atom. The van der Waals surface area contributed by atoms with Gasteiger partial charge < -0.3 is 24.8 Å². The van der Waals surface area contributed by atoms with Crippen molar-refractivity contribution < 1.29 is 23.8 Å². The van der Waals surface area contributed by atoms with E-state index in [-0.39, 0.29) is 18.3 Å². The normalized spacial score (nSPS) is 13.7. The number of hydrogen-bond acceptors (Lipinski definition) is 6. The van der Waals surface area contributed by atoms with Gasteiger partial charge in [0, 0.05) is 29.4 Å². The van der Waals surface area contributed by atoms with Crippen LogP contribution in [0.3, 0.4) is 0 Å². The van der Waals surface area contributed by atoms with E-state index in [1.165, 1.54) is 32.0 Å². The second-order valence-electron chi connectivity index (χ2n) is 8.30. The van der Waals surface area contributed by atoms with Crippen molar-refractivity contribution in [3.05, 3.63) is 36.1 Å². The molecule has 0 aliphatic carbocycles. The summed E-state index contributed by atoms with van der Waals surface area (Å²) in [5, 5.41) is 12.0. The van der Waals surface area contributed by atoms with Crippen LogP contribution in [0.2, 0.25) is 0 Å². The molecule has 2 heterocycles. The molecule has 4 rings (SSSR count).